The van der Waals surface area contributed by atoms with Gasteiger partial charge in [0.05, 0.1) is 0 Å². The molecule has 0 saturated carbocycles. The highest BCUT2D eigenvalue weighted by molar-refractivity contribution is 6.03. The summed E-state index contributed by atoms with van der Waals surface area (Å²) in [5.41, 5.74) is 3.07. The zero-order valence-corrected chi connectivity index (χ0v) is 17.5. The van der Waals surface area contributed by atoms with Gasteiger partial charge in [-0.1, -0.05) is 35.5 Å². The highest BCUT2D eigenvalue weighted by atomic mass is 16.5. The molecule has 4 aromatic rings. The Morgan fingerprint density at radius 3 is 2.55 bits per heavy atom. The van der Waals surface area contributed by atoms with Crippen LogP contribution >= 0.6 is 0 Å². The average molecular weight is 416 g/mol. The van der Waals surface area contributed by atoms with Crippen LogP contribution in [-0.2, 0) is 11.3 Å². The van der Waals surface area contributed by atoms with E-state index in [9.17, 15) is 9.59 Å². The van der Waals surface area contributed by atoms with Crippen LogP contribution in [0.4, 0.5) is 5.69 Å². The molecule has 0 spiro atoms. The van der Waals surface area contributed by atoms with Crippen molar-refractivity contribution in [2.75, 3.05) is 18.4 Å². The van der Waals surface area contributed by atoms with Gasteiger partial charge >= 0.3 is 0 Å². The molecule has 158 valence electrons. The Kier molecular flexibility index (Phi) is 5.84. The van der Waals surface area contributed by atoms with E-state index < -0.39 is 0 Å². The van der Waals surface area contributed by atoms with Gasteiger partial charge in [-0.25, -0.2) is 0 Å². The summed E-state index contributed by atoms with van der Waals surface area (Å²) in [6.45, 7) is 5.62. The minimum atomic E-state index is -0.370. The van der Waals surface area contributed by atoms with E-state index in [1.54, 1.807) is 6.07 Å². The van der Waals surface area contributed by atoms with Crippen LogP contribution in [-0.4, -0.2) is 39.5 Å². The minimum absolute atomic E-state index is 0.0828. The molecule has 0 bridgehead atoms. The lowest BCUT2D eigenvalue weighted by Gasteiger charge is -2.19. The normalized spacial score (nSPS) is 10.9. The van der Waals surface area contributed by atoms with Crippen molar-refractivity contribution in [1.29, 1.82) is 0 Å². The first-order chi connectivity index (χ1) is 15.1. The molecule has 2 aromatic heterocycles. The van der Waals surface area contributed by atoms with Gasteiger partial charge < -0.3 is 19.3 Å². The fourth-order valence-corrected chi connectivity index (χ4v) is 3.56. The molecule has 0 fully saturated rings. The molecule has 2 aromatic carbocycles. The van der Waals surface area contributed by atoms with Crippen LogP contribution in [0.2, 0.25) is 0 Å². The fraction of sp³-hybridized carbons (Fsp3) is 0.208. The summed E-state index contributed by atoms with van der Waals surface area (Å²) in [7, 11) is 0. The topological polar surface area (TPSA) is 80.4 Å². The van der Waals surface area contributed by atoms with Gasteiger partial charge in [-0.2, -0.15) is 0 Å². The third kappa shape index (κ3) is 4.35. The molecule has 2 amide bonds. The van der Waals surface area contributed by atoms with Gasteiger partial charge in [-0.3, -0.25) is 9.59 Å². The van der Waals surface area contributed by atoms with Crippen molar-refractivity contribution in [2.45, 2.75) is 20.4 Å². The van der Waals surface area contributed by atoms with Gasteiger partial charge in [0.15, 0.2) is 0 Å². The van der Waals surface area contributed by atoms with E-state index in [2.05, 4.69) is 10.5 Å². The van der Waals surface area contributed by atoms with Crippen LogP contribution in [0.25, 0.3) is 22.2 Å². The van der Waals surface area contributed by atoms with Crippen molar-refractivity contribution in [3.05, 3.63) is 72.6 Å². The van der Waals surface area contributed by atoms with Crippen LogP contribution in [0, 0.1) is 0 Å². The Morgan fingerprint density at radius 1 is 1.03 bits per heavy atom. The van der Waals surface area contributed by atoms with Crippen molar-refractivity contribution < 1.29 is 14.1 Å². The van der Waals surface area contributed by atoms with E-state index in [0.29, 0.717) is 24.5 Å². The summed E-state index contributed by atoms with van der Waals surface area (Å²) in [6.07, 6.45) is 1.89. The molecule has 0 aliphatic heterocycles. The second-order valence-electron chi connectivity index (χ2n) is 7.18. The lowest BCUT2D eigenvalue weighted by atomic mass is 10.1. The fourth-order valence-electron chi connectivity index (χ4n) is 3.56. The SMILES string of the molecule is CCN(CC)C(=O)Cn1ccc2cc(NC(=O)c3cc(-c4ccccc4)no3)ccc21. The van der Waals surface area contributed by atoms with Gasteiger partial charge in [-0.05, 0) is 38.1 Å². The Balaban J connectivity index is 1.48. The number of carbonyl (C=O) groups is 2. The van der Waals surface area contributed by atoms with Crippen LogP contribution in [0.3, 0.4) is 0 Å². The summed E-state index contributed by atoms with van der Waals surface area (Å²) in [5, 5.41) is 7.77. The first-order valence-electron chi connectivity index (χ1n) is 10.3. The maximum absolute atomic E-state index is 12.6. The standard InChI is InChI=1S/C24H24N4O3/c1-3-27(4-2)23(29)16-28-13-12-18-14-19(10-11-21(18)28)25-24(30)22-15-20(26-31-22)17-8-6-5-7-9-17/h5-15H,3-4,16H2,1-2H3,(H,25,30). The van der Waals surface area contributed by atoms with Gasteiger partial charge in [0.2, 0.25) is 11.7 Å². The Hall–Kier alpha value is -3.87. The highest BCUT2D eigenvalue weighted by Crippen LogP contribution is 2.23. The quantitative estimate of drug-likeness (QED) is 0.484. The number of rotatable bonds is 7. The number of nitrogens with zero attached hydrogens (tertiary/aromatic N) is 3. The molecule has 0 saturated heterocycles. The van der Waals surface area contributed by atoms with Crippen molar-refractivity contribution >= 4 is 28.4 Å². The molecule has 0 atom stereocenters. The van der Waals surface area contributed by atoms with E-state index >= 15 is 0 Å². The molecular weight excluding hydrogens is 392 g/mol. The zero-order chi connectivity index (χ0) is 21.8. The van der Waals surface area contributed by atoms with Gasteiger partial charge in [0.25, 0.3) is 5.91 Å². The molecule has 7 heteroatoms. The third-order valence-electron chi connectivity index (χ3n) is 5.25. The number of nitrogens with one attached hydrogen (secondary N) is 1. The first-order valence-corrected chi connectivity index (χ1v) is 10.3. The second-order valence-corrected chi connectivity index (χ2v) is 7.18. The maximum Gasteiger partial charge on any atom is 0.294 e. The number of benzene rings is 2. The molecule has 1 N–H and O–H groups in total. The molecule has 0 aliphatic carbocycles. The van der Waals surface area contributed by atoms with Crippen molar-refractivity contribution in [3.8, 4) is 11.3 Å². The summed E-state index contributed by atoms with van der Waals surface area (Å²) in [5.74, 6) is -0.147. The lowest BCUT2D eigenvalue weighted by molar-refractivity contribution is -0.131. The lowest BCUT2D eigenvalue weighted by Crippen LogP contribution is -2.33. The van der Waals surface area contributed by atoms with Crippen LogP contribution in [0.5, 0.6) is 0 Å². The highest BCUT2D eigenvalue weighted by Gasteiger charge is 2.15. The zero-order valence-electron chi connectivity index (χ0n) is 17.5. The molecule has 0 unspecified atom stereocenters. The first kappa shape index (κ1) is 20.4. The number of hydrogen-bond acceptors (Lipinski definition) is 4. The number of hydrogen-bond donors (Lipinski definition) is 1. The van der Waals surface area contributed by atoms with Crippen LogP contribution in [0.1, 0.15) is 24.4 Å². The predicted molar refractivity (Wildman–Crippen MR) is 120 cm³/mol. The van der Waals surface area contributed by atoms with Gasteiger partial charge in [0.1, 0.15) is 12.2 Å². The van der Waals surface area contributed by atoms with Crippen LogP contribution in [0.15, 0.2) is 71.4 Å². The average Bonchev–Trinajstić information content (AvgIpc) is 3.43. The largest absolute Gasteiger partial charge is 0.350 e. The Bertz CT molecular complexity index is 1210. The molecule has 31 heavy (non-hydrogen) atoms. The monoisotopic (exact) mass is 416 g/mol. The van der Waals surface area contributed by atoms with E-state index in [1.807, 2.05) is 84.1 Å². The van der Waals surface area contributed by atoms with E-state index in [1.165, 1.54) is 0 Å². The molecular formula is C24H24N4O3. The molecule has 7 nitrogen and oxygen atoms in total. The second kappa shape index (κ2) is 8.87. The molecule has 4 rings (SSSR count). The Labute approximate surface area is 180 Å². The minimum Gasteiger partial charge on any atom is -0.350 e. The van der Waals surface area contributed by atoms with E-state index in [4.69, 9.17) is 4.52 Å². The van der Waals surface area contributed by atoms with E-state index in [0.717, 1.165) is 16.5 Å². The van der Waals surface area contributed by atoms with E-state index in [-0.39, 0.29) is 24.1 Å². The number of carbonyl (C=O) groups excluding carboxylic acids is 2. The molecule has 0 aliphatic rings. The smallest absolute Gasteiger partial charge is 0.294 e. The van der Waals surface area contributed by atoms with Gasteiger partial charge in [0, 0.05) is 47.5 Å². The number of aromatic nitrogens is 2. The molecule has 2 heterocycles. The van der Waals surface area contributed by atoms with Crippen molar-refractivity contribution in [3.63, 3.8) is 0 Å². The summed E-state index contributed by atoms with van der Waals surface area (Å²) in [6, 6.07) is 18.7. The maximum atomic E-state index is 12.6. The number of fused-ring (bicyclic) bond motifs is 1. The van der Waals surface area contributed by atoms with Crippen LogP contribution < -0.4 is 5.32 Å². The molecule has 0 radical (unpaired) electrons. The summed E-state index contributed by atoms with van der Waals surface area (Å²) in [4.78, 5) is 26.8. The Morgan fingerprint density at radius 2 is 1.81 bits per heavy atom. The number of likely N-dealkylation sites (N-methyl/N-ethyl adjacent to an activating group) is 1. The third-order valence-corrected chi connectivity index (χ3v) is 5.25. The van der Waals surface area contributed by atoms with Crippen molar-refractivity contribution in [2.24, 2.45) is 0 Å². The van der Waals surface area contributed by atoms with Gasteiger partial charge in [-0.15, -0.1) is 0 Å². The number of anilines is 1. The summed E-state index contributed by atoms with van der Waals surface area (Å²) < 4.78 is 7.14. The van der Waals surface area contributed by atoms with Crippen molar-refractivity contribution in [1.82, 2.24) is 14.6 Å². The number of amides is 2. The predicted octanol–water partition coefficient (Wildman–Crippen LogP) is 4.42. The summed E-state index contributed by atoms with van der Waals surface area (Å²) >= 11 is 0.